The molecule has 128 valence electrons. The van der Waals surface area contributed by atoms with E-state index in [0.717, 1.165) is 11.1 Å². The molecular formula is C18H21FN2O3. The second-order valence-electron chi connectivity index (χ2n) is 5.37. The first-order valence-electron chi connectivity index (χ1n) is 7.70. The van der Waals surface area contributed by atoms with Crippen molar-refractivity contribution in [1.29, 1.82) is 0 Å². The number of urea groups is 1. The first kappa shape index (κ1) is 17.7. The normalized spacial score (nSPS) is 11.6. The standard InChI is InChI=1S/C18H21FN2O3/c1-13(24-17-8-6-16(19)7-9-17)10-20-18(23)21-11-14-4-2-3-5-15(14)12-22/h2-9,13,22H,10-12H2,1H3,(H2,20,21,23). The van der Waals surface area contributed by atoms with Gasteiger partial charge in [0, 0.05) is 6.54 Å². The van der Waals surface area contributed by atoms with E-state index in [9.17, 15) is 14.3 Å². The van der Waals surface area contributed by atoms with Crippen molar-refractivity contribution in [3.8, 4) is 5.75 Å². The van der Waals surface area contributed by atoms with Crippen molar-refractivity contribution in [2.24, 2.45) is 0 Å². The van der Waals surface area contributed by atoms with Gasteiger partial charge in [0.2, 0.25) is 0 Å². The molecule has 0 aliphatic rings. The molecule has 1 unspecified atom stereocenters. The number of benzene rings is 2. The van der Waals surface area contributed by atoms with E-state index >= 15 is 0 Å². The molecule has 0 aliphatic heterocycles. The highest BCUT2D eigenvalue weighted by atomic mass is 19.1. The van der Waals surface area contributed by atoms with Gasteiger partial charge in [-0.25, -0.2) is 9.18 Å². The second kappa shape index (κ2) is 8.88. The van der Waals surface area contributed by atoms with Crippen molar-refractivity contribution in [2.75, 3.05) is 6.54 Å². The number of carbonyl (C=O) groups is 1. The number of hydrogen-bond donors (Lipinski definition) is 3. The molecule has 0 spiro atoms. The molecule has 0 bridgehead atoms. The van der Waals surface area contributed by atoms with Crippen LogP contribution in [-0.4, -0.2) is 23.8 Å². The molecule has 2 aromatic carbocycles. The quantitative estimate of drug-likeness (QED) is 0.730. The molecule has 0 saturated heterocycles. The summed E-state index contributed by atoms with van der Waals surface area (Å²) in [5.74, 6) is 0.221. The maximum absolute atomic E-state index is 12.8. The number of nitrogens with one attached hydrogen (secondary N) is 2. The molecule has 3 N–H and O–H groups in total. The van der Waals surface area contributed by atoms with Gasteiger partial charge in [-0.15, -0.1) is 0 Å². The number of aliphatic hydroxyl groups is 1. The van der Waals surface area contributed by atoms with Gasteiger partial charge >= 0.3 is 6.03 Å². The van der Waals surface area contributed by atoms with Crippen molar-refractivity contribution in [1.82, 2.24) is 10.6 Å². The van der Waals surface area contributed by atoms with Gasteiger partial charge in [0.25, 0.3) is 0 Å². The maximum atomic E-state index is 12.8. The molecule has 0 saturated carbocycles. The zero-order valence-electron chi connectivity index (χ0n) is 13.5. The highest BCUT2D eigenvalue weighted by molar-refractivity contribution is 5.73. The highest BCUT2D eigenvalue weighted by Gasteiger charge is 2.08. The summed E-state index contributed by atoms with van der Waals surface area (Å²) in [4.78, 5) is 11.8. The Morgan fingerprint density at radius 2 is 1.79 bits per heavy atom. The van der Waals surface area contributed by atoms with Gasteiger partial charge in [0.05, 0.1) is 13.2 Å². The molecular weight excluding hydrogens is 311 g/mol. The third-order valence-corrected chi connectivity index (χ3v) is 3.43. The fourth-order valence-corrected chi connectivity index (χ4v) is 2.15. The predicted molar refractivity (Wildman–Crippen MR) is 89.1 cm³/mol. The highest BCUT2D eigenvalue weighted by Crippen LogP contribution is 2.12. The van der Waals surface area contributed by atoms with E-state index in [2.05, 4.69) is 10.6 Å². The van der Waals surface area contributed by atoms with Crippen molar-refractivity contribution in [3.63, 3.8) is 0 Å². The van der Waals surface area contributed by atoms with Crippen molar-refractivity contribution < 1.29 is 19.0 Å². The van der Waals surface area contributed by atoms with Gasteiger partial charge in [-0.05, 0) is 42.3 Å². The van der Waals surface area contributed by atoms with Crippen LogP contribution in [0.4, 0.5) is 9.18 Å². The van der Waals surface area contributed by atoms with Gasteiger partial charge in [-0.3, -0.25) is 0 Å². The summed E-state index contributed by atoms with van der Waals surface area (Å²) >= 11 is 0. The van der Waals surface area contributed by atoms with E-state index in [-0.39, 0.29) is 24.6 Å². The third-order valence-electron chi connectivity index (χ3n) is 3.43. The number of carbonyl (C=O) groups excluding carboxylic acids is 1. The first-order valence-corrected chi connectivity index (χ1v) is 7.70. The lowest BCUT2D eigenvalue weighted by Crippen LogP contribution is -2.40. The average molecular weight is 332 g/mol. The number of hydrogen-bond acceptors (Lipinski definition) is 3. The van der Waals surface area contributed by atoms with Gasteiger partial charge in [0.1, 0.15) is 17.7 Å². The van der Waals surface area contributed by atoms with E-state index in [1.165, 1.54) is 24.3 Å². The Bertz CT molecular complexity index is 662. The van der Waals surface area contributed by atoms with Gasteiger partial charge in [-0.2, -0.15) is 0 Å². The van der Waals surface area contributed by atoms with Crippen LogP contribution in [0, 0.1) is 5.82 Å². The lowest BCUT2D eigenvalue weighted by atomic mass is 10.1. The molecule has 0 radical (unpaired) electrons. The van der Waals surface area contributed by atoms with Gasteiger partial charge in [-0.1, -0.05) is 24.3 Å². The first-order chi connectivity index (χ1) is 11.6. The molecule has 0 aromatic heterocycles. The van der Waals surface area contributed by atoms with Gasteiger partial charge < -0.3 is 20.5 Å². The summed E-state index contributed by atoms with van der Waals surface area (Å²) in [5.41, 5.74) is 1.65. The molecule has 0 fully saturated rings. The van der Waals surface area contributed by atoms with Crippen LogP contribution in [0.25, 0.3) is 0 Å². The molecule has 1 atom stereocenters. The minimum Gasteiger partial charge on any atom is -0.489 e. The molecule has 2 rings (SSSR count). The molecule has 6 heteroatoms. The summed E-state index contributed by atoms with van der Waals surface area (Å²) in [5, 5.41) is 14.7. The summed E-state index contributed by atoms with van der Waals surface area (Å²) < 4.78 is 18.4. The monoisotopic (exact) mass is 332 g/mol. The average Bonchev–Trinajstić information content (AvgIpc) is 2.60. The zero-order chi connectivity index (χ0) is 17.4. The summed E-state index contributed by atoms with van der Waals surface area (Å²) in [6, 6.07) is 12.8. The van der Waals surface area contributed by atoms with Crippen LogP contribution < -0.4 is 15.4 Å². The minimum atomic E-state index is -0.323. The molecule has 24 heavy (non-hydrogen) atoms. The summed E-state index contributed by atoms with van der Waals surface area (Å²) in [7, 11) is 0. The fraction of sp³-hybridized carbons (Fsp3) is 0.278. The van der Waals surface area contributed by atoms with E-state index in [1.807, 2.05) is 31.2 Å². The molecule has 0 aliphatic carbocycles. The Labute approximate surface area is 140 Å². The number of ether oxygens (including phenoxy) is 1. The number of amides is 2. The second-order valence-corrected chi connectivity index (χ2v) is 5.37. The van der Waals surface area contributed by atoms with Crippen molar-refractivity contribution >= 4 is 6.03 Å². The molecule has 0 heterocycles. The summed E-state index contributed by atoms with van der Waals surface area (Å²) in [6.07, 6.45) is -0.258. The summed E-state index contributed by atoms with van der Waals surface area (Å²) in [6.45, 7) is 2.38. The fourth-order valence-electron chi connectivity index (χ4n) is 2.15. The lowest BCUT2D eigenvalue weighted by Gasteiger charge is -2.16. The van der Waals surface area contributed by atoms with Crippen LogP contribution >= 0.6 is 0 Å². The number of halogens is 1. The van der Waals surface area contributed by atoms with Crippen LogP contribution in [0.3, 0.4) is 0 Å². The van der Waals surface area contributed by atoms with Crippen LogP contribution in [0.15, 0.2) is 48.5 Å². The topological polar surface area (TPSA) is 70.6 Å². The lowest BCUT2D eigenvalue weighted by molar-refractivity contribution is 0.207. The van der Waals surface area contributed by atoms with Crippen LogP contribution in [0.5, 0.6) is 5.75 Å². The van der Waals surface area contributed by atoms with Crippen molar-refractivity contribution in [2.45, 2.75) is 26.2 Å². The van der Waals surface area contributed by atoms with Crippen LogP contribution in [-0.2, 0) is 13.2 Å². The largest absolute Gasteiger partial charge is 0.489 e. The SMILES string of the molecule is CC(CNC(=O)NCc1ccccc1CO)Oc1ccc(F)cc1. The third kappa shape index (κ3) is 5.55. The molecule has 2 aromatic rings. The maximum Gasteiger partial charge on any atom is 0.315 e. The zero-order valence-corrected chi connectivity index (χ0v) is 13.5. The van der Waals surface area contributed by atoms with Crippen molar-refractivity contribution in [3.05, 3.63) is 65.5 Å². The van der Waals surface area contributed by atoms with E-state index in [1.54, 1.807) is 0 Å². The number of rotatable bonds is 7. The van der Waals surface area contributed by atoms with E-state index in [4.69, 9.17) is 4.74 Å². The molecule has 5 nitrogen and oxygen atoms in total. The Balaban J connectivity index is 1.73. The van der Waals surface area contributed by atoms with Crippen LogP contribution in [0.2, 0.25) is 0 Å². The van der Waals surface area contributed by atoms with Crippen LogP contribution in [0.1, 0.15) is 18.1 Å². The minimum absolute atomic E-state index is 0.0674. The molecule has 2 amide bonds. The Morgan fingerprint density at radius 3 is 2.46 bits per heavy atom. The van der Waals surface area contributed by atoms with E-state index < -0.39 is 0 Å². The Morgan fingerprint density at radius 1 is 1.12 bits per heavy atom. The number of aliphatic hydroxyl groups excluding tert-OH is 1. The Hall–Kier alpha value is -2.60. The predicted octanol–water partition coefficient (Wildman–Crippen LogP) is 2.58. The smallest absolute Gasteiger partial charge is 0.315 e. The van der Waals surface area contributed by atoms with Gasteiger partial charge in [0.15, 0.2) is 0 Å². The Kier molecular flexibility index (Phi) is 6.57. The van der Waals surface area contributed by atoms with E-state index in [0.29, 0.717) is 18.8 Å².